The van der Waals surface area contributed by atoms with E-state index in [-0.39, 0.29) is 0 Å². The SMILES string of the molecule is Cc1cnn(C2CCNCC2)c1. The van der Waals surface area contributed by atoms with Crippen LogP contribution in [0.5, 0.6) is 0 Å². The molecule has 0 spiro atoms. The van der Waals surface area contributed by atoms with Crippen molar-refractivity contribution in [3.8, 4) is 0 Å². The molecule has 1 saturated heterocycles. The van der Waals surface area contributed by atoms with Gasteiger partial charge in [-0.2, -0.15) is 5.10 Å². The first-order chi connectivity index (χ1) is 5.86. The van der Waals surface area contributed by atoms with E-state index in [1.807, 2.05) is 6.20 Å². The Kier molecular flexibility index (Phi) is 2.13. The standard InChI is InChI=1S/C9H15N3/c1-8-6-11-12(7-8)9-2-4-10-5-3-9/h6-7,9-10H,2-5H2,1H3. The summed E-state index contributed by atoms with van der Waals surface area (Å²) in [6.45, 7) is 4.34. The Morgan fingerprint density at radius 2 is 2.25 bits per heavy atom. The second kappa shape index (κ2) is 3.27. The van der Waals surface area contributed by atoms with E-state index >= 15 is 0 Å². The molecule has 1 fully saturated rings. The van der Waals surface area contributed by atoms with Crippen LogP contribution in [0, 0.1) is 6.92 Å². The van der Waals surface area contributed by atoms with Crippen LogP contribution in [0.25, 0.3) is 0 Å². The van der Waals surface area contributed by atoms with Gasteiger partial charge in [-0.3, -0.25) is 4.68 Å². The van der Waals surface area contributed by atoms with Gasteiger partial charge in [0.05, 0.1) is 12.2 Å². The van der Waals surface area contributed by atoms with Gasteiger partial charge in [0.25, 0.3) is 0 Å². The van der Waals surface area contributed by atoms with E-state index in [0.717, 1.165) is 13.1 Å². The predicted molar refractivity (Wildman–Crippen MR) is 48.1 cm³/mol. The van der Waals surface area contributed by atoms with E-state index in [1.165, 1.54) is 18.4 Å². The molecule has 66 valence electrons. The van der Waals surface area contributed by atoms with Gasteiger partial charge in [0.15, 0.2) is 0 Å². The maximum atomic E-state index is 4.33. The number of aromatic nitrogens is 2. The lowest BCUT2D eigenvalue weighted by Crippen LogP contribution is -2.29. The van der Waals surface area contributed by atoms with Crippen molar-refractivity contribution in [2.24, 2.45) is 0 Å². The third kappa shape index (κ3) is 1.50. The number of piperidine rings is 1. The first-order valence-electron chi connectivity index (χ1n) is 4.58. The average Bonchev–Trinajstić information content (AvgIpc) is 2.54. The third-order valence-corrected chi connectivity index (χ3v) is 2.41. The molecule has 2 rings (SSSR count). The minimum Gasteiger partial charge on any atom is -0.317 e. The first-order valence-corrected chi connectivity index (χ1v) is 4.58. The van der Waals surface area contributed by atoms with E-state index < -0.39 is 0 Å². The highest BCUT2D eigenvalue weighted by Gasteiger charge is 2.14. The Bertz CT molecular complexity index is 248. The Hall–Kier alpha value is -0.830. The van der Waals surface area contributed by atoms with Crippen molar-refractivity contribution < 1.29 is 0 Å². The lowest BCUT2D eigenvalue weighted by Gasteiger charge is -2.22. The van der Waals surface area contributed by atoms with Crippen molar-refractivity contribution in [2.45, 2.75) is 25.8 Å². The first kappa shape index (κ1) is 7.80. The number of nitrogens with zero attached hydrogens (tertiary/aromatic N) is 2. The summed E-state index contributed by atoms with van der Waals surface area (Å²) in [5.41, 5.74) is 1.26. The van der Waals surface area contributed by atoms with Gasteiger partial charge in [-0.15, -0.1) is 0 Å². The average molecular weight is 165 g/mol. The van der Waals surface area contributed by atoms with Gasteiger partial charge in [-0.1, -0.05) is 0 Å². The third-order valence-electron chi connectivity index (χ3n) is 2.41. The second-order valence-electron chi connectivity index (χ2n) is 3.48. The number of aryl methyl sites for hydroxylation is 1. The monoisotopic (exact) mass is 165 g/mol. The van der Waals surface area contributed by atoms with E-state index in [4.69, 9.17) is 0 Å². The van der Waals surface area contributed by atoms with Crippen LogP contribution in [0.2, 0.25) is 0 Å². The molecule has 3 heteroatoms. The molecule has 2 heterocycles. The zero-order chi connectivity index (χ0) is 8.39. The fourth-order valence-electron chi connectivity index (χ4n) is 1.70. The van der Waals surface area contributed by atoms with Gasteiger partial charge in [0.2, 0.25) is 0 Å². The number of nitrogens with one attached hydrogen (secondary N) is 1. The second-order valence-corrected chi connectivity index (χ2v) is 3.48. The zero-order valence-corrected chi connectivity index (χ0v) is 7.45. The maximum absolute atomic E-state index is 4.33. The van der Waals surface area contributed by atoms with Gasteiger partial charge in [-0.25, -0.2) is 0 Å². The molecular weight excluding hydrogens is 150 g/mol. The summed E-state index contributed by atoms with van der Waals surface area (Å²) in [5.74, 6) is 0. The van der Waals surface area contributed by atoms with E-state index in [1.54, 1.807) is 0 Å². The molecule has 1 aliphatic heterocycles. The number of rotatable bonds is 1. The molecule has 0 aromatic carbocycles. The highest BCUT2D eigenvalue weighted by molar-refractivity contribution is 5.00. The molecule has 3 nitrogen and oxygen atoms in total. The van der Waals surface area contributed by atoms with Gasteiger partial charge in [0, 0.05) is 6.20 Å². The van der Waals surface area contributed by atoms with Gasteiger partial charge < -0.3 is 5.32 Å². The van der Waals surface area contributed by atoms with Crippen molar-refractivity contribution in [3.63, 3.8) is 0 Å². The van der Waals surface area contributed by atoms with Gasteiger partial charge in [0.1, 0.15) is 0 Å². The molecule has 0 atom stereocenters. The highest BCUT2D eigenvalue weighted by atomic mass is 15.3. The van der Waals surface area contributed by atoms with Crippen LogP contribution in [0.15, 0.2) is 12.4 Å². The summed E-state index contributed by atoms with van der Waals surface area (Å²) >= 11 is 0. The van der Waals surface area contributed by atoms with Crippen LogP contribution in [-0.2, 0) is 0 Å². The molecule has 1 aliphatic rings. The van der Waals surface area contributed by atoms with E-state index in [2.05, 4.69) is 28.2 Å². The molecule has 1 N–H and O–H groups in total. The molecule has 0 bridgehead atoms. The number of hydrogen-bond acceptors (Lipinski definition) is 2. The van der Waals surface area contributed by atoms with Gasteiger partial charge in [-0.05, 0) is 38.4 Å². The summed E-state index contributed by atoms with van der Waals surface area (Å²) < 4.78 is 2.11. The Labute approximate surface area is 72.8 Å². The molecule has 0 radical (unpaired) electrons. The summed E-state index contributed by atoms with van der Waals surface area (Å²) in [6, 6.07) is 0.625. The number of hydrogen-bond donors (Lipinski definition) is 1. The van der Waals surface area contributed by atoms with Crippen LogP contribution < -0.4 is 5.32 Å². The van der Waals surface area contributed by atoms with E-state index in [9.17, 15) is 0 Å². The van der Waals surface area contributed by atoms with Crippen LogP contribution >= 0.6 is 0 Å². The summed E-state index contributed by atoms with van der Waals surface area (Å²) in [4.78, 5) is 0. The van der Waals surface area contributed by atoms with Crippen molar-refractivity contribution in [1.82, 2.24) is 15.1 Å². The zero-order valence-electron chi connectivity index (χ0n) is 7.45. The van der Waals surface area contributed by atoms with Crippen molar-refractivity contribution in [3.05, 3.63) is 18.0 Å². The lowest BCUT2D eigenvalue weighted by atomic mass is 10.1. The lowest BCUT2D eigenvalue weighted by molar-refractivity contribution is 0.343. The van der Waals surface area contributed by atoms with Crippen molar-refractivity contribution in [1.29, 1.82) is 0 Å². The Morgan fingerprint density at radius 1 is 1.50 bits per heavy atom. The molecular formula is C9H15N3. The van der Waals surface area contributed by atoms with E-state index in [0.29, 0.717) is 6.04 Å². The van der Waals surface area contributed by atoms with Crippen LogP contribution in [0.4, 0.5) is 0 Å². The fraction of sp³-hybridized carbons (Fsp3) is 0.667. The smallest absolute Gasteiger partial charge is 0.0543 e. The largest absolute Gasteiger partial charge is 0.317 e. The van der Waals surface area contributed by atoms with Crippen LogP contribution in [0.1, 0.15) is 24.4 Å². The molecule has 0 aliphatic carbocycles. The molecule has 1 aromatic heterocycles. The molecule has 1 aromatic rings. The molecule has 0 unspecified atom stereocenters. The van der Waals surface area contributed by atoms with Gasteiger partial charge >= 0.3 is 0 Å². The molecule has 0 amide bonds. The topological polar surface area (TPSA) is 29.9 Å². The summed E-state index contributed by atoms with van der Waals surface area (Å²) in [6.07, 6.45) is 6.49. The Morgan fingerprint density at radius 3 is 2.83 bits per heavy atom. The normalized spacial score (nSPS) is 19.8. The molecule has 12 heavy (non-hydrogen) atoms. The minimum atomic E-state index is 0.625. The molecule has 0 saturated carbocycles. The predicted octanol–water partition coefficient (Wildman–Crippen LogP) is 1.12. The maximum Gasteiger partial charge on any atom is 0.0543 e. The quantitative estimate of drug-likeness (QED) is 0.675. The Balaban J connectivity index is 2.08. The van der Waals surface area contributed by atoms with Crippen molar-refractivity contribution >= 4 is 0 Å². The van der Waals surface area contributed by atoms with Crippen LogP contribution in [0.3, 0.4) is 0 Å². The van der Waals surface area contributed by atoms with Crippen LogP contribution in [-0.4, -0.2) is 22.9 Å². The fourth-order valence-corrected chi connectivity index (χ4v) is 1.70. The summed E-state index contributed by atoms with van der Waals surface area (Å²) in [7, 11) is 0. The minimum absolute atomic E-state index is 0.625. The van der Waals surface area contributed by atoms with Crippen molar-refractivity contribution in [2.75, 3.05) is 13.1 Å². The summed E-state index contributed by atoms with van der Waals surface area (Å²) in [5, 5.41) is 7.68. The highest BCUT2D eigenvalue weighted by Crippen LogP contribution is 2.17.